The molecule has 0 saturated carbocycles. The Balaban J connectivity index is 1.76. The molecule has 0 radical (unpaired) electrons. The molecule has 1 heterocycles. The van der Waals surface area contributed by atoms with Gasteiger partial charge in [0.1, 0.15) is 10.8 Å². The summed E-state index contributed by atoms with van der Waals surface area (Å²) < 4.78 is 5.13. The van der Waals surface area contributed by atoms with E-state index in [0.29, 0.717) is 28.5 Å². The molecule has 2 amide bonds. The molecule has 4 N–H and O–H groups in total. The van der Waals surface area contributed by atoms with Crippen LogP contribution in [0, 0.1) is 0 Å². The number of methoxy groups -OCH3 is 1. The number of thiophene rings is 1. The number of rotatable bonds is 8. The van der Waals surface area contributed by atoms with E-state index < -0.39 is 0 Å². The number of fused-ring (bicyclic) bond motifs is 1. The summed E-state index contributed by atoms with van der Waals surface area (Å²) >= 11 is 1.47. The highest BCUT2D eigenvalue weighted by atomic mass is 32.1. The fourth-order valence-electron chi connectivity index (χ4n) is 3.05. The maximum atomic E-state index is 12.9. The minimum Gasteiger partial charge on any atom is -0.497 e. The summed E-state index contributed by atoms with van der Waals surface area (Å²) in [5, 5.41) is 17.9. The van der Waals surface area contributed by atoms with Crippen LogP contribution in [0.3, 0.4) is 0 Å². The molecule has 1 aliphatic carbocycles. The van der Waals surface area contributed by atoms with E-state index >= 15 is 0 Å². The molecule has 2 aromatic rings. The molecule has 1 aromatic heterocycles. The Bertz CT molecular complexity index is 817. The van der Waals surface area contributed by atoms with E-state index in [0.717, 1.165) is 29.7 Å². The molecule has 0 saturated heterocycles. The Kier molecular flexibility index (Phi) is 6.44. The number of carbonyl (C=O) groups is 2. The second-order valence-corrected chi connectivity index (χ2v) is 7.30. The van der Waals surface area contributed by atoms with Gasteiger partial charge in [-0.15, -0.1) is 11.3 Å². The predicted octanol–water partition coefficient (Wildman–Crippen LogP) is 2.02. The van der Waals surface area contributed by atoms with Crippen LogP contribution in [0.1, 0.15) is 27.2 Å². The lowest BCUT2D eigenvalue weighted by molar-refractivity contribution is -0.115. The van der Waals surface area contributed by atoms with Crippen molar-refractivity contribution in [1.29, 1.82) is 0 Å². The van der Waals surface area contributed by atoms with E-state index in [2.05, 4.69) is 16.0 Å². The number of aliphatic hydroxyl groups is 1. The minimum absolute atomic E-state index is 0.0317. The molecule has 7 nitrogen and oxygen atoms in total. The van der Waals surface area contributed by atoms with Crippen LogP contribution >= 0.6 is 11.3 Å². The number of hydrogen-bond donors (Lipinski definition) is 4. The van der Waals surface area contributed by atoms with Crippen molar-refractivity contribution in [2.75, 3.05) is 37.4 Å². The smallest absolute Gasteiger partial charge is 0.258 e. The molecule has 0 fully saturated rings. The fraction of sp³-hybridized carbons (Fsp3) is 0.368. The number of benzene rings is 1. The zero-order chi connectivity index (χ0) is 19.2. The first-order chi connectivity index (χ1) is 13.1. The van der Waals surface area contributed by atoms with Crippen molar-refractivity contribution in [2.24, 2.45) is 0 Å². The van der Waals surface area contributed by atoms with Gasteiger partial charge in [0, 0.05) is 17.1 Å². The van der Waals surface area contributed by atoms with Gasteiger partial charge in [-0.05, 0) is 49.1 Å². The van der Waals surface area contributed by atoms with Crippen molar-refractivity contribution >= 4 is 33.8 Å². The highest BCUT2D eigenvalue weighted by Gasteiger charge is 2.27. The quantitative estimate of drug-likeness (QED) is 0.518. The van der Waals surface area contributed by atoms with Gasteiger partial charge >= 0.3 is 0 Å². The molecule has 144 valence electrons. The van der Waals surface area contributed by atoms with Crippen LogP contribution in [0.25, 0.3) is 0 Å². The van der Waals surface area contributed by atoms with Gasteiger partial charge < -0.3 is 25.8 Å². The SMILES string of the molecule is COc1ccc(NC(=O)c2c(NC(=O)CNCCO)sc3c2CCC3)cc1. The molecule has 8 heteroatoms. The van der Waals surface area contributed by atoms with Gasteiger partial charge in [0.05, 0.1) is 25.8 Å². The monoisotopic (exact) mass is 389 g/mol. The van der Waals surface area contributed by atoms with Crippen LogP contribution in [0.2, 0.25) is 0 Å². The normalized spacial score (nSPS) is 12.5. The molecule has 1 aromatic carbocycles. The van der Waals surface area contributed by atoms with Crippen molar-refractivity contribution in [3.63, 3.8) is 0 Å². The third-order valence-corrected chi connectivity index (χ3v) is 5.53. The summed E-state index contributed by atoms with van der Waals surface area (Å²) in [6.07, 6.45) is 2.80. The van der Waals surface area contributed by atoms with E-state index in [9.17, 15) is 9.59 Å². The standard InChI is InChI=1S/C19H23N3O4S/c1-26-13-7-5-12(6-8-13)21-18(25)17-14-3-2-4-15(14)27-19(17)22-16(24)11-20-9-10-23/h5-8,20,23H,2-4,9-11H2,1H3,(H,21,25)(H,22,24). The lowest BCUT2D eigenvalue weighted by Crippen LogP contribution is -2.30. The zero-order valence-electron chi connectivity index (χ0n) is 15.1. The molecule has 27 heavy (non-hydrogen) atoms. The highest BCUT2D eigenvalue weighted by molar-refractivity contribution is 7.17. The zero-order valence-corrected chi connectivity index (χ0v) is 15.9. The van der Waals surface area contributed by atoms with Crippen molar-refractivity contribution in [1.82, 2.24) is 5.32 Å². The summed E-state index contributed by atoms with van der Waals surface area (Å²) in [4.78, 5) is 26.2. The number of aliphatic hydroxyl groups excluding tert-OH is 1. The number of aryl methyl sites for hydroxylation is 1. The minimum atomic E-state index is -0.234. The summed E-state index contributed by atoms with van der Waals surface area (Å²) in [6, 6.07) is 7.12. The largest absolute Gasteiger partial charge is 0.497 e. The van der Waals surface area contributed by atoms with Crippen LogP contribution in [0.5, 0.6) is 5.75 Å². The second kappa shape index (κ2) is 8.98. The number of nitrogens with one attached hydrogen (secondary N) is 3. The number of anilines is 2. The molecule has 0 unspecified atom stereocenters. The third-order valence-electron chi connectivity index (χ3n) is 4.32. The van der Waals surface area contributed by atoms with Gasteiger partial charge in [0.25, 0.3) is 5.91 Å². The van der Waals surface area contributed by atoms with Gasteiger partial charge in [0.15, 0.2) is 0 Å². The van der Waals surface area contributed by atoms with E-state index in [-0.39, 0.29) is 25.0 Å². The average Bonchev–Trinajstić information content (AvgIpc) is 3.23. The predicted molar refractivity (Wildman–Crippen MR) is 106 cm³/mol. The number of amides is 2. The Morgan fingerprint density at radius 2 is 1.96 bits per heavy atom. The van der Waals surface area contributed by atoms with Gasteiger partial charge in [-0.25, -0.2) is 0 Å². The van der Waals surface area contributed by atoms with Crippen molar-refractivity contribution in [3.05, 3.63) is 40.3 Å². The summed E-state index contributed by atoms with van der Waals surface area (Å²) in [5.41, 5.74) is 2.25. The molecule has 0 aliphatic heterocycles. The van der Waals surface area contributed by atoms with E-state index in [1.165, 1.54) is 11.3 Å². The maximum Gasteiger partial charge on any atom is 0.258 e. The van der Waals surface area contributed by atoms with Gasteiger partial charge in [-0.3, -0.25) is 9.59 Å². The van der Waals surface area contributed by atoms with E-state index in [1.54, 1.807) is 31.4 Å². The van der Waals surface area contributed by atoms with Crippen molar-refractivity contribution in [2.45, 2.75) is 19.3 Å². The first-order valence-corrected chi connectivity index (χ1v) is 9.65. The molecule has 0 bridgehead atoms. The van der Waals surface area contributed by atoms with Crippen LogP contribution in [0.4, 0.5) is 10.7 Å². The first kappa shape index (κ1) is 19.3. The number of hydrogen-bond acceptors (Lipinski definition) is 6. The molecular formula is C19H23N3O4S. The summed E-state index contributed by atoms with van der Waals surface area (Å²) in [7, 11) is 1.59. The maximum absolute atomic E-state index is 12.9. The van der Waals surface area contributed by atoms with Crippen LogP contribution in [0.15, 0.2) is 24.3 Å². The Labute approximate surface area is 161 Å². The first-order valence-electron chi connectivity index (χ1n) is 8.83. The lowest BCUT2D eigenvalue weighted by atomic mass is 10.1. The summed E-state index contributed by atoms with van der Waals surface area (Å²) in [5.74, 6) is 0.257. The third kappa shape index (κ3) is 4.65. The van der Waals surface area contributed by atoms with Gasteiger partial charge in [-0.2, -0.15) is 0 Å². The van der Waals surface area contributed by atoms with Crippen molar-refractivity contribution in [3.8, 4) is 5.75 Å². The molecule has 3 rings (SSSR count). The average molecular weight is 389 g/mol. The number of carbonyl (C=O) groups excluding carboxylic acids is 2. The molecule has 1 aliphatic rings. The van der Waals surface area contributed by atoms with Crippen molar-refractivity contribution < 1.29 is 19.4 Å². The highest BCUT2D eigenvalue weighted by Crippen LogP contribution is 2.39. The van der Waals surface area contributed by atoms with E-state index in [4.69, 9.17) is 9.84 Å². The lowest BCUT2D eigenvalue weighted by Gasteiger charge is -2.10. The molecular weight excluding hydrogens is 366 g/mol. The Hall–Kier alpha value is -2.42. The molecule has 0 atom stereocenters. The van der Waals surface area contributed by atoms with Crippen LogP contribution < -0.4 is 20.7 Å². The summed E-state index contributed by atoms with van der Waals surface area (Å²) in [6.45, 7) is 0.401. The topological polar surface area (TPSA) is 99.7 Å². The number of ether oxygens (including phenoxy) is 1. The Morgan fingerprint density at radius 1 is 1.19 bits per heavy atom. The molecule has 0 spiro atoms. The fourth-order valence-corrected chi connectivity index (χ4v) is 4.36. The van der Waals surface area contributed by atoms with E-state index in [1.807, 2.05) is 0 Å². The second-order valence-electron chi connectivity index (χ2n) is 6.19. The van der Waals surface area contributed by atoms with Gasteiger partial charge in [0.2, 0.25) is 5.91 Å². The Morgan fingerprint density at radius 3 is 2.67 bits per heavy atom. The van der Waals surface area contributed by atoms with Gasteiger partial charge in [-0.1, -0.05) is 0 Å². The van der Waals surface area contributed by atoms with Crippen LogP contribution in [-0.2, 0) is 17.6 Å². The van der Waals surface area contributed by atoms with Crippen LogP contribution in [-0.4, -0.2) is 43.7 Å².